The van der Waals surface area contributed by atoms with Crippen molar-refractivity contribution in [3.63, 3.8) is 0 Å². The molecule has 1 heterocycles. The zero-order valence-corrected chi connectivity index (χ0v) is 12.1. The molecule has 98 valence electrons. The highest BCUT2D eigenvalue weighted by molar-refractivity contribution is 7.10. The lowest BCUT2D eigenvalue weighted by atomic mass is 10.0. The monoisotopic (exact) mass is 255 g/mol. The van der Waals surface area contributed by atoms with Gasteiger partial charge in [0.1, 0.15) is 0 Å². The van der Waals surface area contributed by atoms with Crippen molar-refractivity contribution in [1.82, 2.24) is 5.32 Å². The molecular weight excluding hydrogens is 230 g/mol. The Kier molecular flexibility index (Phi) is 7.49. The van der Waals surface area contributed by atoms with Crippen molar-refractivity contribution < 1.29 is 4.74 Å². The van der Waals surface area contributed by atoms with Gasteiger partial charge in [0.25, 0.3) is 0 Å². The Labute approximate surface area is 109 Å². The first kappa shape index (κ1) is 14.7. The lowest BCUT2D eigenvalue weighted by Gasteiger charge is -2.18. The van der Waals surface area contributed by atoms with Crippen molar-refractivity contribution in [2.45, 2.75) is 45.6 Å². The maximum atomic E-state index is 5.15. The van der Waals surface area contributed by atoms with E-state index in [1.807, 2.05) is 11.3 Å². The van der Waals surface area contributed by atoms with E-state index >= 15 is 0 Å². The minimum absolute atomic E-state index is 0.514. The highest BCUT2D eigenvalue weighted by Gasteiger charge is 2.14. The second kappa shape index (κ2) is 8.67. The van der Waals surface area contributed by atoms with Crippen molar-refractivity contribution in [3.05, 3.63) is 21.9 Å². The quantitative estimate of drug-likeness (QED) is 0.678. The molecule has 0 bridgehead atoms. The van der Waals surface area contributed by atoms with E-state index in [1.54, 1.807) is 7.11 Å². The predicted molar refractivity (Wildman–Crippen MR) is 75.8 cm³/mol. The van der Waals surface area contributed by atoms with Gasteiger partial charge >= 0.3 is 0 Å². The van der Waals surface area contributed by atoms with Crippen molar-refractivity contribution in [1.29, 1.82) is 0 Å². The molecule has 1 aromatic heterocycles. The van der Waals surface area contributed by atoms with Crippen molar-refractivity contribution in [3.8, 4) is 0 Å². The van der Waals surface area contributed by atoms with Gasteiger partial charge in [0.15, 0.2) is 0 Å². The number of thiophene rings is 1. The fourth-order valence-electron chi connectivity index (χ4n) is 2.02. The molecule has 1 aromatic rings. The minimum atomic E-state index is 0.514. The topological polar surface area (TPSA) is 21.3 Å². The second-order valence-corrected chi connectivity index (χ2v) is 5.25. The summed E-state index contributed by atoms with van der Waals surface area (Å²) in [5.74, 6) is 0. The van der Waals surface area contributed by atoms with Crippen LogP contribution >= 0.6 is 11.3 Å². The van der Waals surface area contributed by atoms with E-state index in [1.165, 1.54) is 23.3 Å². The van der Waals surface area contributed by atoms with E-state index in [0.717, 1.165) is 26.0 Å². The third-order valence-corrected chi connectivity index (χ3v) is 4.03. The van der Waals surface area contributed by atoms with Gasteiger partial charge in [-0.2, -0.15) is 0 Å². The molecule has 2 nitrogen and oxygen atoms in total. The molecule has 0 spiro atoms. The summed E-state index contributed by atoms with van der Waals surface area (Å²) in [5.41, 5.74) is 1.50. The first-order valence-electron chi connectivity index (χ1n) is 6.62. The largest absolute Gasteiger partial charge is 0.385 e. The molecule has 0 aliphatic heterocycles. The molecule has 3 heteroatoms. The van der Waals surface area contributed by atoms with E-state index in [-0.39, 0.29) is 0 Å². The van der Waals surface area contributed by atoms with Crippen LogP contribution in [0.3, 0.4) is 0 Å². The summed E-state index contributed by atoms with van der Waals surface area (Å²) < 4.78 is 5.15. The third-order valence-electron chi connectivity index (χ3n) is 2.96. The highest BCUT2D eigenvalue weighted by atomic mass is 32.1. The Morgan fingerprint density at radius 3 is 2.88 bits per heavy atom. The molecule has 1 atom stereocenters. The second-order valence-electron chi connectivity index (χ2n) is 4.31. The van der Waals surface area contributed by atoms with E-state index < -0.39 is 0 Å². The number of rotatable bonds is 9. The summed E-state index contributed by atoms with van der Waals surface area (Å²) in [6.45, 7) is 6.40. The van der Waals surface area contributed by atoms with Crippen LogP contribution in [-0.2, 0) is 11.2 Å². The summed E-state index contributed by atoms with van der Waals surface area (Å²) in [4.78, 5) is 1.53. The van der Waals surface area contributed by atoms with Crippen molar-refractivity contribution >= 4 is 11.3 Å². The summed E-state index contributed by atoms with van der Waals surface area (Å²) in [7, 11) is 1.77. The van der Waals surface area contributed by atoms with Crippen LogP contribution in [0, 0.1) is 0 Å². The van der Waals surface area contributed by atoms with Crippen molar-refractivity contribution in [2.24, 2.45) is 0 Å². The molecule has 1 N–H and O–H groups in total. The molecule has 0 fully saturated rings. The number of methoxy groups -OCH3 is 1. The number of hydrogen-bond acceptors (Lipinski definition) is 3. The van der Waals surface area contributed by atoms with Crippen LogP contribution in [0.1, 0.15) is 49.6 Å². The first-order chi connectivity index (χ1) is 8.33. The zero-order chi connectivity index (χ0) is 12.5. The van der Waals surface area contributed by atoms with E-state index in [2.05, 4.69) is 30.6 Å². The predicted octanol–water partition coefficient (Wildman–Crippen LogP) is 3.78. The van der Waals surface area contributed by atoms with Crippen LogP contribution < -0.4 is 5.32 Å². The molecule has 0 saturated heterocycles. The fraction of sp³-hybridized carbons (Fsp3) is 0.714. The van der Waals surface area contributed by atoms with Gasteiger partial charge in [-0.1, -0.05) is 13.8 Å². The van der Waals surface area contributed by atoms with E-state index in [4.69, 9.17) is 4.74 Å². The Morgan fingerprint density at radius 1 is 1.41 bits per heavy atom. The summed E-state index contributed by atoms with van der Waals surface area (Å²) in [5, 5.41) is 5.87. The molecule has 17 heavy (non-hydrogen) atoms. The summed E-state index contributed by atoms with van der Waals surface area (Å²) in [6, 6.07) is 2.77. The smallest absolute Gasteiger partial charge is 0.0462 e. The van der Waals surface area contributed by atoms with Gasteiger partial charge < -0.3 is 10.1 Å². The van der Waals surface area contributed by atoms with Gasteiger partial charge in [0, 0.05) is 24.6 Å². The highest BCUT2D eigenvalue weighted by Crippen LogP contribution is 2.28. The normalized spacial score (nSPS) is 12.9. The molecule has 0 aliphatic carbocycles. The van der Waals surface area contributed by atoms with Crippen LogP contribution in [0.25, 0.3) is 0 Å². The Bertz CT molecular complexity index is 298. The Morgan fingerprint density at radius 2 is 2.24 bits per heavy atom. The first-order valence-corrected chi connectivity index (χ1v) is 7.50. The fourth-order valence-corrected chi connectivity index (χ4v) is 3.13. The average molecular weight is 255 g/mol. The van der Waals surface area contributed by atoms with E-state index in [9.17, 15) is 0 Å². The van der Waals surface area contributed by atoms with Crippen LogP contribution in [0.4, 0.5) is 0 Å². The van der Waals surface area contributed by atoms with Crippen LogP contribution in [0.15, 0.2) is 11.4 Å². The molecular formula is C14H25NOS. The lowest BCUT2D eigenvalue weighted by molar-refractivity contribution is 0.189. The zero-order valence-electron chi connectivity index (χ0n) is 11.3. The number of hydrogen-bond donors (Lipinski definition) is 1. The molecule has 1 unspecified atom stereocenters. The third kappa shape index (κ3) is 4.78. The van der Waals surface area contributed by atoms with Crippen LogP contribution in [-0.4, -0.2) is 20.3 Å². The number of nitrogens with one attached hydrogen (secondary N) is 1. The lowest BCUT2D eigenvalue weighted by Crippen LogP contribution is -2.22. The molecule has 0 aliphatic rings. The SMILES string of the molecule is CCCNC(CCCOC)c1sccc1CC. The van der Waals surface area contributed by atoms with E-state index in [0.29, 0.717) is 6.04 Å². The minimum Gasteiger partial charge on any atom is -0.385 e. The standard InChI is InChI=1S/C14H25NOS/c1-4-9-15-13(7-6-10-16-3)14-12(5-2)8-11-17-14/h8,11,13,15H,4-7,9-10H2,1-3H3. The number of ether oxygens (including phenoxy) is 1. The van der Waals surface area contributed by atoms with Gasteiger partial charge in [-0.05, 0) is 49.2 Å². The molecule has 1 rings (SSSR count). The van der Waals surface area contributed by atoms with Gasteiger partial charge in [0.2, 0.25) is 0 Å². The molecule has 0 radical (unpaired) electrons. The van der Waals surface area contributed by atoms with Gasteiger partial charge in [-0.3, -0.25) is 0 Å². The van der Waals surface area contributed by atoms with Crippen molar-refractivity contribution in [2.75, 3.05) is 20.3 Å². The van der Waals surface area contributed by atoms with Gasteiger partial charge in [-0.15, -0.1) is 11.3 Å². The summed E-state index contributed by atoms with van der Waals surface area (Å²) >= 11 is 1.89. The Hall–Kier alpha value is -0.380. The van der Waals surface area contributed by atoms with Gasteiger partial charge in [-0.25, -0.2) is 0 Å². The maximum absolute atomic E-state index is 5.15. The average Bonchev–Trinajstić information content (AvgIpc) is 2.81. The van der Waals surface area contributed by atoms with Crippen LogP contribution in [0.2, 0.25) is 0 Å². The molecule has 0 saturated carbocycles. The maximum Gasteiger partial charge on any atom is 0.0462 e. The number of aryl methyl sites for hydroxylation is 1. The van der Waals surface area contributed by atoms with Crippen LogP contribution in [0.5, 0.6) is 0 Å². The molecule has 0 aromatic carbocycles. The summed E-state index contributed by atoms with van der Waals surface area (Å²) in [6.07, 6.45) is 4.61. The molecule has 0 amide bonds. The Balaban J connectivity index is 2.60. The van der Waals surface area contributed by atoms with Gasteiger partial charge in [0.05, 0.1) is 0 Å².